The number of hydrogen-bond donors (Lipinski definition) is 1. The van der Waals surface area contributed by atoms with E-state index in [-0.39, 0.29) is 5.91 Å². The van der Waals surface area contributed by atoms with Crippen molar-refractivity contribution in [2.75, 3.05) is 7.11 Å². The first kappa shape index (κ1) is 18.2. The molecule has 0 atom stereocenters. The third-order valence-electron chi connectivity index (χ3n) is 4.10. The van der Waals surface area contributed by atoms with Gasteiger partial charge in [0.05, 0.1) is 18.9 Å². The molecule has 0 spiro atoms. The lowest BCUT2D eigenvalue weighted by Gasteiger charge is -2.08. The molecule has 0 unspecified atom stereocenters. The Labute approximate surface area is 160 Å². The number of nitrogens with zero attached hydrogens (tertiary/aromatic N) is 2. The number of carbonyl (C=O) groups excluding carboxylic acids is 1. The monoisotopic (exact) mass is 413 g/mol. The minimum absolute atomic E-state index is 0.327. The molecule has 1 heterocycles. The van der Waals surface area contributed by atoms with Crippen LogP contribution < -0.4 is 10.2 Å². The number of benzene rings is 2. The zero-order chi connectivity index (χ0) is 18.7. The summed E-state index contributed by atoms with van der Waals surface area (Å²) in [7, 11) is 1.53. The second-order valence-electron chi connectivity index (χ2n) is 6.15. The first-order valence-corrected chi connectivity index (χ1v) is 9.07. The van der Waals surface area contributed by atoms with Crippen LogP contribution in [-0.2, 0) is 0 Å². The Morgan fingerprint density at radius 2 is 2.04 bits per heavy atom. The molecule has 0 fully saturated rings. The van der Waals surface area contributed by atoms with Crippen molar-refractivity contribution in [1.29, 1.82) is 0 Å². The molecule has 0 aliphatic carbocycles. The van der Waals surface area contributed by atoms with Crippen molar-refractivity contribution in [1.82, 2.24) is 9.99 Å². The van der Waals surface area contributed by atoms with E-state index < -0.39 is 0 Å². The Hall–Kier alpha value is -2.60. The van der Waals surface area contributed by atoms with Crippen LogP contribution in [0.1, 0.15) is 35.8 Å². The Morgan fingerprint density at radius 1 is 1.27 bits per heavy atom. The number of halogens is 1. The molecule has 0 aliphatic rings. The molecule has 1 aromatic heterocycles. The van der Waals surface area contributed by atoms with Crippen LogP contribution in [0.5, 0.6) is 5.75 Å². The Balaban J connectivity index is 1.84. The number of amides is 1. The first-order chi connectivity index (χ1) is 12.5. The Morgan fingerprint density at radius 3 is 2.77 bits per heavy atom. The van der Waals surface area contributed by atoms with Crippen LogP contribution >= 0.6 is 15.9 Å². The number of aromatic nitrogens is 1. The van der Waals surface area contributed by atoms with Crippen molar-refractivity contribution < 1.29 is 9.53 Å². The van der Waals surface area contributed by atoms with Crippen LogP contribution in [0, 0.1) is 0 Å². The third kappa shape index (κ3) is 3.65. The van der Waals surface area contributed by atoms with Crippen LogP contribution in [0.3, 0.4) is 0 Å². The third-order valence-corrected chi connectivity index (χ3v) is 4.60. The van der Waals surface area contributed by atoms with Gasteiger partial charge in [-0.05, 0) is 38.1 Å². The van der Waals surface area contributed by atoms with Gasteiger partial charge >= 0.3 is 0 Å². The van der Waals surface area contributed by atoms with Gasteiger partial charge in [-0.15, -0.1) is 0 Å². The van der Waals surface area contributed by atoms with Crippen LogP contribution in [0.4, 0.5) is 0 Å². The molecule has 134 valence electrons. The van der Waals surface area contributed by atoms with Crippen LogP contribution in [0.15, 0.2) is 58.2 Å². The van der Waals surface area contributed by atoms with Crippen molar-refractivity contribution in [2.45, 2.75) is 19.9 Å². The zero-order valence-corrected chi connectivity index (χ0v) is 16.4. The molecular weight excluding hydrogens is 394 g/mol. The van der Waals surface area contributed by atoms with Crippen molar-refractivity contribution >= 4 is 39.0 Å². The number of hydrogen-bond acceptors (Lipinski definition) is 3. The second-order valence-corrected chi connectivity index (χ2v) is 7.06. The fourth-order valence-corrected chi connectivity index (χ4v) is 3.20. The summed E-state index contributed by atoms with van der Waals surface area (Å²) in [4.78, 5) is 12.4. The van der Waals surface area contributed by atoms with E-state index in [1.807, 2.05) is 24.4 Å². The molecule has 26 heavy (non-hydrogen) atoms. The highest BCUT2D eigenvalue weighted by atomic mass is 79.9. The summed E-state index contributed by atoms with van der Waals surface area (Å²) in [6.45, 7) is 4.27. The summed E-state index contributed by atoms with van der Waals surface area (Å²) in [5, 5.41) is 5.23. The SMILES string of the molecule is COc1ccc(Br)cc1C(=O)N/N=C\c1cn(C(C)C)c2ccccc12. The summed E-state index contributed by atoms with van der Waals surface area (Å²) < 4.78 is 8.23. The van der Waals surface area contributed by atoms with Crippen LogP contribution in [0.25, 0.3) is 10.9 Å². The molecule has 5 nitrogen and oxygen atoms in total. The molecule has 0 saturated heterocycles. The highest BCUT2D eigenvalue weighted by Gasteiger charge is 2.12. The van der Waals surface area contributed by atoms with E-state index in [0.717, 1.165) is 20.9 Å². The van der Waals surface area contributed by atoms with Gasteiger partial charge < -0.3 is 9.30 Å². The van der Waals surface area contributed by atoms with E-state index >= 15 is 0 Å². The number of fused-ring (bicyclic) bond motifs is 1. The smallest absolute Gasteiger partial charge is 0.275 e. The van der Waals surface area contributed by atoms with E-state index in [1.165, 1.54) is 7.11 Å². The topological polar surface area (TPSA) is 55.6 Å². The minimum Gasteiger partial charge on any atom is -0.496 e. The normalized spacial score (nSPS) is 11.4. The van der Waals surface area contributed by atoms with Crippen molar-refractivity contribution in [3.05, 3.63) is 64.3 Å². The van der Waals surface area contributed by atoms with Crippen molar-refractivity contribution in [2.24, 2.45) is 5.10 Å². The van der Waals surface area contributed by atoms with Gasteiger partial charge in [0, 0.05) is 33.2 Å². The highest BCUT2D eigenvalue weighted by Crippen LogP contribution is 2.24. The van der Waals surface area contributed by atoms with Crippen molar-refractivity contribution in [3.8, 4) is 5.75 Å². The number of ether oxygens (including phenoxy) is 1. The first-order valence-electron chi connectivity index (χ1n) is 8.27. The molecular formula is C20H20BrN3O2. The molecule has 3 rings (SSSR count). The molecule has 1 N–H and O–H groups in total. The Kier molecular flexibility index (Phi) is 5.42. The lowest BCUT2D eigenvalue weighted by atomic mass is 10.2. The average molecular weight is 414 g/mol. The van der Waals surface area contributed by atoms with E-state index in [0.29, 0.717) is 17.4 Å². The minimum atomic E-state index is -0.327. The molecule has 0 bridgehead atoms. The number of carbonyl (C=O) groups is 1. The number of nitrogens with one attached hydrogen (secondary N) is 1. The standard InChI is InChI=1S/C20H20BrN3O2/c1-13(2)24-12-14(16-6-4-5-7-18(16)24)11-22-23-20(25)17-10-15(21)8-9-19(17)26-3/h4-13H,1-3H3,(H,23,25)/b22-11-. The summed E-state index contributed by atoms with van der Waals surface area (Å²) >= 11 is 3.37. The number of rotatable bonds is 5. The molecule has 1 amide bonds. The fraction of sp³-hybridized carbons (Fsp3) is 0.200. The predicted molar refractivity (Wildman–Crippen MR) is 108 cm³/mol. The largest absolute Gasteiger partial charge is 0.496 e. The quantitative estimate of drug-likeness (QED) is 0.484. The van der Waals surface area contributed by atoms with Gasteiger partial charge in [0.2, 0.25) is 0 Å². The van der Waals surface area contributed by atoms with E-state index in [9.17, 15) is 4.79 Å². The van der Waals surface area contributed by atoms with E-state index in [4.69, 9.17) is 4.74 Å². The number of para-hydroxylation sites is 1. The van der Waals surface area contributed by atoms with E-state index in [1.54, 1.807) is 18.3 Å². The number of methoxy groups -OCH3 is 1. The van der Waals surface area contributed by atoms with E-state index in [2.05, 4.69) is 57.0 Å². The van der Waals surface area contributed by atoms with Gasteiger partial charge in [0.25, 0.3) is 5.91 Å². The summed E-state index contributed by atoms with van der Waals surface area (Å²) in [5.74, 6) is 0.171. The predicted octanol–water partition coefficient (Wildman–Crippen LogP) is 4.76. The molecule has 3 aromatic rings. The lowest BCUT2D eigenvalue weighted by Crippen LogP contribution is -2.18. The van der Waals surface area contributed by atoms with Gasteiger partial charge in [0.1, 0.15) is 5.75 Å². The average Bonchev–Trinajstić information content (AvgIpc) is 3.01. The maximum Gasteiger partial charge on any atom is 0.275 e. The number of hydrazone groups is 1. The summed E-state index contributed by atoms with van der Waals surface area (Å²) in [5.41, 5.74) is 5.09. The fourth-order valence-electron chi connectivity index (χ4n) is 2.84. The zero-order valence-electron chi connectivity index (χ0n) is 14.9. The van der Waals surface area contributed by atoms with Gasteiger partial charge in [-0.3, -0.25) is 4.79 Å². The van der Waals surface area contributed by atoms with Crippen molar-refractivity contribution in [3.63, 3.8) is 0 Å². The summed E-state index contributed by atoms with van der Waals surface area (Å²) in [6.07, 6.45) is 3.72. The molecule has 2 aromatic carbocycles. The highest BCUT2D eigenvalue weighted by molar-refractivity contribution is 9.10. The molecule has 0 saturated carbocycles. The maximum atomic E-state index is 12.4. The maximum absolute atomic E-state index is 12.4. The van der Waals surface area contributed by atoms with Gasteiger partial charge in [-0.25, -0.2) is 5.43 Å². The lowest BCUT2D eigenvalue weighted by molar-refractivity contribution is 0.0952. The van der Waals surface area contributed by atoms with Gasteiger partial charge in [-0.2, -0.15) is 5.10 Å². The van der Waals surface area contributed by atoms with Gasteiger partial charge in [-0.1, -0.05) is 34.1 Å². The van der Waals surface area contributed by atoms with Gasteiger partial charge in [0.15, 0.2) is 0 Å². The van der Waals surface area contributed by atoms with Crippen LogP contribution in [-0.4, -0.2) is 23.8 Å². The summed E-state index contributed by atoms with van der Waals surface area (Å²) in [6, 6.07) is 13.7. The second kappa shape index (κ2) is 7.74. The Bertz CT molecular complexity index is 976. The molecule has 0 aliphatic heterocycles. The molecule has 6 heteroatoms. The molecule has 0 radical (unpaired) electrons. The van der Waals surface area contributed by atoms with Crippen LogP contribution in [0.2, 0.25) is 0 Å².